The molecule has 1 rings (SSSR count). The normalized spacial score (nSPS) is 10.8. The van der Waals surface area contributed by atoms with Crippen molar-refractivity contribution in [2.45, 2.75) is 20.3 Å². The van der Waals surface area contributed by atoms with Crippen LogP contribution in [0.3, 0.4) is 0 Å². The molecule has 0 aliphatic rings. The van der Waals surface area contributed by atoms with Crippen LogP contribution >= 0.6 is 22.9 Å². The Morgan fingerprint density at radius 3 is 2.71 bits per heavy atom. The molecule has 1 heterocycles. The SMILES string of the molecule is CCCN(CC)CCNC(=O)c1nnc(Cl)s1. The first-order chi connectivity index (χ1) is 8.17. The number of carbonyl (C=O) groups is 1. The monoisotopic (exact) mass is 276 g/mol. The molecule has 1 amide bonds. The smallest absolute Gasteiger partial charge is 0.282 e. The van der Waals surface area contributed by atoms with Gasteiger partial charge < -0.3 is 10.2 Å². The maximum absolute atomic E-state index is 11.6. The van der Waals surface area contributed by atoms with Crippen molar-refractivity contribution in [2.24, 2.45) is 0 Å². The third kappa shape index (κ3) is 4.97. The van der Waals surface area contributed by atoms with Gasteiger partial charge in [0.1, 0.15) is 0 Å². The van der Waals surface area contributed by atoms with Crippen molar-refractivity contribution in [1.82, 2.24) is 20.4 Å². The van der Waals surface area contributed by atoms with Crippen molar-refractivity contribution in [3.63, 3.8) is 0 Å². The van der Waals surface area contributed by atoms with Gasteiger partial charge >= 0.3 is 0 Å². The molecule has 0 unspecified atom stereocenters. The zero-order chi connectivity index (χ0) is 12.7. The Bertz CT molecular complexity index is 358. The minimum absolute atomic E-state index is 0.207. The van der Waals surface area contributed by atoms with E-state index >= 15 is 0 Å². The van der Waals surface area contributed by atoms with Crippen molar-refractivity contribution in [3.05, 3.63) is 9.47 Å². The minimum atomic E-state index is -0.207. The number of rotatable bonds is 7. The van der Waals surface area contributed by atoms with Crippen LogP contribution in [0.25, 0.3) is 0 Å². The number of nitrogens with one attached hydrogen (secondary N) is 1. The van der Waals surface area contributed by atoms with Crippen LogP contribution in [0.5, 0.6) is 0 Å². The first kappa shape index (κ1) is 14.3. The molecular weight excluding hydrogens is 260 g/mol. The number of hydrogen-bond acceptors (Lipinski definition) is 5. The summed E-state index contributed by atoms with van der Waals surface area (Å²) in [5.74, 6) is -0.207. The molecule has 1 aromatic rings. The Labute approximate surface area is 110 Å². The minimum Gasteiger partial charge on any atom is -0.349 e. The fourth-order valence-corrected chi connectivity index (χ4v) is 2.19. The highest BCUT2D eigenvalue weighted by Gasteiger charge is 2.11. The summed E-state index contributed by atoms with van der Waals surface area (Å²) in [5, 5.41) is 10.4. The van der Waals surface area contributed by atoms with Gasteiger partial charge in [-0.2, -0.15) is 0 Å². The predicted octanol–water partition coefficient (Wildman–Crippen LogP) is 1.65. The Morgan fingerprint density at radius 2 is 2.18 bits per heavy atom. The lowest BCUT2D eigenvalue weighted by Gasteiger charge is -2.19. The molecule has 0 bridgehead atoms. The van der Waals surface area contributed by atoms with Gasteiger partial charge in [0, 0.05) is 13.1 Å². The Balaban J connectivity index is 2.28. The van der Waals surface area contributed by atoms with Crippen LogP contribution in [0.15, 0.2) is 0 Å². The van der Waals surface area contributed by atoms with Gasteiger partial charge in [-0.25, -0.2) is 0 Å². The summed E-state index contributed by atoms with van der Waals surface area (Å²) in [7, 11) is 0. The quantitative estimate of drug-likeness (QED) is 0.823. The molecule has 0 saturated heterocycles. The summed E-state index contributed by atoms with van der Waals surface area (Å²) in [4.78, 5) is 13.9. The molecule has 0 aromatic carbocycles. The van der Waals surface area contributed by atoms with Crippen LogP contribution in [0, 0.1) is 0 Å². The maximum Gasteiger partial charge on any atom is 0.282 e. The van der Waals surface area contributed by atoms with Gasteiger partial charge in [0.2, 0.25) is 9.47 Å². The maximum atomic E-state index is 11.6. The number of likely N-dealkylation sites (N-methyl/N-ethyl adjacent to an activating group) is 1. The van der Waals surface area contributed by atoms with E-state index in [-0.39, 0.29) is 10.4 Å². The van der Waals surface area contributed by atoms with Gasteiger partial charge in [-0.05, 0) is 31.1 Å². The molecule has 7 heteroatoms. The zero-order valence-electron chi connectivity index (χ0n) is 10.1. The topological polar surface area (TPSA) is 58.1 Å². The van der Waals surface area contributed by atoms with Gasteiger partial charge in [-0.1, -0.05) is 25.2 Å². The molecule has 0 spiro atoms. The van der Waals surface area contributed by atoms with Crippen LogP contribution < -0.4 is 5.32 Å². The number of carbonyl (C=O) groups excluding carboxylic acids is 1. The molecule has 17 heavy (non-hydrogen) atoms. The van der Waals surface area contributed by atoms with Gasteiger partial charge in [0.05, 0.1) is 0 Å². The number of halogens is 1. The molecule has 0 aliphatic carbocycles. The van der Waals surface area contributed by atoms with Crippen LogP contribution in [-0.4, -0.2) is 47.2 Å². The summed E-state index contributed by atoms with van der Waals surface area (Å²) in [6.45, 7) is 7.77. The Morgan fingerprint density at radius 1 is 1.41 bits per heavy atom. The summed E-state index contributed by atoms with van der Waals surface area (Å²) < 4.78 is 0.288. The van der Waals surface area contributed by atoms with E-state index in [1.165, 1.54) is 0 Å². The average Bonchev–Trinajstić information content (AvgIpc) is 2.74. The molecule has 0 aliphatic heterocycles. The van der Waals surface area contributed by atoms with Gasteiger partial charge in [-0.3, -0.25) is 4.79 Å². The lowest BCUT2D eigenvalue weighted by atomic mass is 10.4. The van der Waals surface area contributed by atoms with Crippen molar-refractivity contribution in [1.29, 1.82) is 0 Å². The molecular formula is C10H17ClN4OS. The standard InChI is InChI=1S/C10H17ClN4OS/c1-3-6-15(4-2)7-5-12-8(16)9-13-14-10(11)17-9/h3-7H2,1-2H3,(H,12,16). The van der Waals surface area contributed by atoms with Crippen molar-refractivity contribution in [2.75, 3.05) is 26.2 Å². The molecule has 0 fully saturated rings. The molecule has 1 N–H and O–H groups in total. The van der Waals surface area contributed by atoms with E-state index < -0.39 is 0 Å². The third-order valence-electron chi connectivity index (χ3n) is 2.30. The van der Waals surface area contributed by atoms with E-state index in [2.05, 4.69) is 34.3 Å². The molecule has 0 radical (unpaired) electrons. The summed E-state index contributed by atoms with van der Waals surface area (Å²) in [5.41, 5.74) is 0. The highest BCUT2D eigenvalue weighted by molar-refractivity contribution is 7.17. The summed E-state index contributed by atoms with van der Waals surface area (Å²) in [6, 6.07) is 0. The van der Waals surface area contributed by atoms with E-state index in [0.717, 1.165) is 37.4 Å². The number of amides is 1. The highest BCUT2D eigenvalue weighted by atomic mass is 35.5. The van der Waals surface area contributed by atoms with Crippen molar-refractivity contribution in [3.8, 4) is 0 Å². The number of nitrogens with zero attached hydrogens (tertiary/aromatic N) is 3. The summed E-state index contributed by atoms with van der Waals surface area (Å²) in [6.07, 6.45) is 1.12. The van der Waals surface area contributed by atoms with Crippen molar-refractivity contribution >= 4 is 28.8 Å². The highest BCUT2D eigenvalue weighted by Crippen LogP contribution is 2.14. The van der Waals surface area contributed by atoms with E-state index in [1.54, 1.807) is 0 Å². The number of hydrogen-bond donors (Lipinski definition) is 1. The third-order valence-corrected chi connectivity index (χ3v) is 3.31. The second kappa shape index (κ2) is 7.58. The van der Waals surface area contributed by atoms with E-state index in [1.807, 2.05) is 0 Å². The molecule has 5 nitrogen and oxygen atoms in total. The fourth-order valence-electron chi connectivity index (χ4n) is 1.44. The van der Waals surface area contributed by atoms with Crippen LogP contribution in [-0.2, 0) is 0 Å². The van der Waals surface area contributed by atoms with Gasteiger partial charge in [0.15, 0.2) is 0 Å². The van der Waals surface area contributed by atoms with Crippen LogP contribution in [0.4, 0.5) is 0 Å². The molecule has 1 aromatic heterocycles. The van der Waals surface area contributed by atoms with Gasteiger partial charge in [-0.15, -0.1) is 10.2 Å². The van der Waals surface area contributed by atoms with Gasteiger partial charge in [0.25, 0.3) is 5.91 Å². The van der Waals surface area contributed by atoms with E-state index in [0.29, 0.717) is 11.6 Å². The lowest BCUT2D eigenvalue weighted by molar-refractivity contribution is 0.0947. The zero-order valence-corrected chi connectivity index (χ0v) is 11.6. The van der Waals surface area contributed by atoms with E-state index in [9.17, 15) is 4.79 Å². The Kier molecular flexibility index (Phi) is 6.39. The Hall–Kier alpha value is -0.720. The fraction of sp³-hybridized carbons (Fsp3) is 0.700. The molecule has 0 saturated carbocycles. The average molecular weight is 277 g/mol. The first-order valence-corrected chi connectivity index (χ1v) is 6.86. The van der Waals surface area contributed by atoms with Crippen LogP contribution in [0.1, 0.15) is 30.1 Å². The predicted molar refractivity (Wildman–Crippen MR) is 69.7 cm³/mol. The number of aromatic nitrogens is 2. The molecule has 0 atom stereocenters. The first-order valence-electron chi connectivity index (χ1n) is 5.67. The largest absolute Gasteiger partial charge is 0.349 e. The van der Waals surface area contributed by atoms with Crippen molar-refractivity contribution < 1.29 is 4.79 Å². The van der Waals surface area contributed by atoms with Crippen LogP contribution in [0.2, 0.25) is 4.47 Å². The summed E-state index contributed by atoms with van der Waals surface area (Å²) >= 11 is 6.70. The second-order valence-electron chi connectivity index (χ2n) is 3.55. The molecule has 96 valence electrons. The second-order valence-corrected chi connectivity index (χ2v) is 5.11. The lowest BCUT2D eigenvalue weighted by Crippen LogP contribution is -2.35. The van der Waals surface area contributed by atoms with E-state index in [4.69, 9.17) is 11.6 Å².